The third-order valence-corrected chi connectivity index (χ3v) is 3.13. The first-order valence-electron chi connectivity index (χ1n) is 6.40. The average molecular weight is 259 g/mol. The number of nitrogens with one attached hydrogen (secondary N) is 1. The molecule has 0 radical (unpaired) electrons. The van der Waals surface area contributed by atoms with Gasteiger partial charge in [-0.1, -0.05) is 0 Å². The van der Waals surface area contributed by atoms with Crippen LogP contribution in [0, 0.1) is 0 Å². The molecule has 2 aromatic rings. The maximum absolute atomic E-state index is 5.09. The maximum Gasteiger partial charge on any atom is 0.159 e. The van der Waals surface area contributed by atoms with Gasteiger partial charge in [-0.2, -0.15) is 5.10 Å². The standard InChI is InChI=1S/C13H17N5O/c1-14-11-7-13(16-12(15-11)8-19-2)18-6-5-10(17-18)9-3-4-9/h5-7,9H,3-4,8H2,1-2H3,(H,14,15,16). The van der Waals surface area contributed by atoms with Crippen molar-refractivity contribution in [1.82, 2.24) is 19.7 Å². The summed E-state index contributed by atoms with van der Waals surface area (Å²) in [5.74, 6) is 2.82. The number of nitrogens with zero attached hydrogens (tertiary/aromatic N) is 4. The summed E-state index contributed by atoms with van der Waals surface area (Å²) in [4.78, 5) is 8.79. The molecule has 6 nitrogen and oxygen atoms in total. The van der Waals surface area contributed by atoms with Crippen LogP contribution in [-0.4, -0.2) is 33.9 Å². The molecule has 19 heavy (non-hydrogen) atoms. The molecular weight excluding hydrogens is 242 g/mol. The highest BCUT2D eigenvalue weighted by Gasteiger charge is 2.26. The van der Waals surface area contributed by atoms with Crippen molar-refractivity contribution in [1.29, 1.82) is 0 Å². The van der Waals surface area contributed by atoms with E-state index in [1.807, 2.05) is 19.3 Å². The van der Waals surface area contributed by atoms with Gasteiger partial charge < -0.3 is 10.1 Å². The Morgan fingerprint density at radius 3 is 2.95 bits per heavy atom. The molecule has 2 aromatic heterocycles. The highest BCUT2D eigenvalue weighted by atomic mass is 16.5. The monoisotopic (exact) mass is 259 g/mol. The highest BCUT2D eigenvalue weighted by Crippen LogP contribution is 2.38. The van der Waals surface area contributed by atoms with Crippen molar-refractivity contribution in [2.24, 2.45) is 0 Å². The predicted molar refractivity (Wildman–Crippen MR) is 71.4 cm³/mol. The van der Waals surface area contributed by atoms with Gasteiger partial charge in [-0.15, -0.1) is 0 Å². The molecule has 1 aliphatic rings. The molecule has 0 amide bonds. The van der Waals surface area contributed by atoms with Gasteiger partial charge in [0.05, 0.1) is 5.69 Å². The number of ether oxygens (including phenoxy) is 1. The van der Waals surface area contributed by atoms with Crippen molar-refractivity contribution in [2.75, 3.05) is 19.5 Å². The van der Waals surface area contributed by atoms with Crippen molar-refractivity contribution in [2.45, 2.75) is 25.4 Å². The molecule has 2 heterocycles. The van der Waals surface area contributed by atoms with Gasteiger partial charge in [0.1, 0.15) is 12.4 Å². The summed E-state index contributed by atoms with van der Waals surface area (Å²) in [6.07, 6.45) is 4.45. The minimum absolute atomic E-state index is 0.388. The predicted octanol–water partition coefficient (Wildman–Crippen LogP) is 1.73. The van der Waals surface area contributed by atoms with E-state index in [1.54, 1.807) is 11.8 Å². The summed E-state index contributed by atoms with van der Waals surface area (Å²) in [7, 11) is 3.47. The maximum atomic E-state index is 5.09. The normalized spacial score (nSPS) is 14.6. The number of anilines is 1. The van der Waals surface area contributed by atoms with Gasteiger partial charge in [0.2, 0.25) is 0 Å². The Hall–Kier alpha value is -1.95. The molecule has 1 N–H and O–H groups in total. The van der Waals surface area contributed by atoms with Crippen molar-refractivity contribution in [3.05, 3.63) is 29.8 Å². The average Bonchev–Trinajstić information content (AvgIpc) is 3.16. The third kappa shape index (κ3) is 2.58. The Kier molecular flexibility index (Phi) is 3.16. The van der Waals surface area contributed by atoms with Crippen molar-refractivity contribution >= 4 is 5.82 Å². The third-order valence-electron chi connectivity index (χ3n) is 3.13. The molecule has 0 atom stereocenters. The van der Waals surface area contributed by atoms with E-state index >= 15 is 0 Å². The first-order chi connectivity index (χ1) is 9.30. The SMILES string of the molecule is CNc1cc(-n2ccc(C3CC3)n2)nc(COC)n1. The van der Waals surface area contributed by atoms with Crippen molar-refractivity contribution < 1.29 is 4.74 Å². The largest absolute Gasteiger partial charge is 0.377 e. The van der Waals surface area contributed by atoms with Gasteiger partial charge in [0, 0.05) is 32.3 Å². The van der Waals surface area contributed by atoms with Crippen LogP contribution in [0.15, 0.2) is 18.3 Å². The van der Waals surface area contributed by atoms with Gasteiger partial charge in [-0.3, -0.25) is 0 Å². The summed E-state index contributed by atoms with van der Waals surface area (Å²) < 4.78 is 6.89. The molecule has 0 spiro atoms. The zero-order valence-corrected chi connectivity index (χ0v) is 11.1. The molecule has 0 saturated heterocycles. The van der Waals surface area contributed by atoms with E-state index in [9.17, 15) is 0 Å². The van der Waals surface area contributed by atoms with E-state index in [-0.39, 0.29) is 0 Å². The van der Waals surface area contributed by atoms with Crippen LogP contribution in [0.5, 0.6) is 0 Å². The molecule has 6 heteroatoms. The summed E-state index contributed by atoms with van der Waals surface area (Å²) in [6, 6.07) is 3.94. The van der Waals surface area contributed by atoms with Crippen LogP contribution in [0.25, 0.3) is 5.82 Å². The van der Waals surface area contributed by atoms with Crippen LogP contribution in [0.3, 0.4) is 0 Å². The highest BCUT2D eigenvalue weighted by molar-refractivity contribution is 5.41. The van der Waals surface area contributed by atoms with Crippen LogP contribution < -0.4 is 5.32 Å². The van der Waals surface area contributed by atoms with Gasteiger partial charge in [-0.25, -0.2) is 14.6 Å². The van der Waals surface area contributed by atoms with E-state index in [0.29, 0.717) is 18.3 Å². The summed E-state index contributed by atoms with van der Waals surface area (Å²) in [5, 5.41) is 7.61. The summed E-state index contributed by atoms with van der Waals surface area (Å²) >= 11 is 0. The van der Waals surface area contributed by atoms with Crippen LogP contribution >= 0.6 is 0 Å². The number of hydrogen-bond donors (Lipinski definition) is 1. The van der Waals surface area contributed by atoms with E-state index in [0.717, 1.165) is 17.3 Å². The first-order valence-corrected chi connectivity index (χ1v) is 6.40. The second-order valence-corrected chi connectivity index (χ2v) is 4.67. The summed E-state index contributed by atoms with van der Waals surface area (Å²) in [6.45, 7) is 0.388. The molecule has 1 fully saturated rings. The molecule has 1 saturated carbocycles. The second-order valence-electron chi connectivity index (χ2n) is 4.67. The summed E-state index contributed by atoms with van der Waals surface area (Å²) in [5.41, 5.74) is 1.15. The fraction of sp³-hybridized carbons (Fsp3) is 0.462. The van der Waals surface area contributed by atoms with Gasteiger partial charge in [-0.05, 0) is 18.9 Å². The van der Waals surface area contributed by atoms with Gasteiger partial charge in [0.15, 0.2) is 11.6 Å². The minimum atomic E-state index is 0.388. The Morgan fingerprint density at radius 2 is 2.26 bits per heavy atom. The number of aromatic nitrogens is 4. The minimum Gasteiger partial charge on any atom is -0.377 e. The van der Waals surface area contributed by atoms with Crippen LogP contribution in [0.2, 0.25) is 0 Å². The molecular formula is C13H17N5O. The Morgan fingerprint density at radius 1 is 1.42 bits per heavy atom. The lowest BCUT2D eigenvalue weighted by Crippen LogP contribution is -2.07. The van der Waals surface area contributed by atoms with E-state index in [4.69, 9.17) is 4.74 Å². The van der Waals surface area contributed by atoms with E-state index in [2.05, 4.69) is 26.4 Å². The molecule has 3 rings (SSSR count). The number of rotatable bonds is 5. The van der Waals surface area contributed by atoms with Crippen molar-refractivity contribution in [3.63, 3.8) is 0 Å². The zero-order chi connectivity index (χ0) is 13.2. The molecule has 0 bridgehead atoms. The fourth-order valence-corrected chi connectivity index (χ4v) is 1.98. The van der Waals surface area contributed by atoms with Gasteiger partial charge in [0.25, 0.3) is 0 Å². The first kappa shape index (κ1) is 12.1. The molecule has 0 aromatic carbocycles. The van der Waals surface area contributed by atoms with E-state index < -0.39 is 0 Å². The van der Waals surface area contributed by atoms with Crippen LogP contribution in [-0.2, 0) is 11.3 Å². The lowest BCUT2D eigenvalue weighted by atomic mass is 10.3. The Bertz CT molecular complexity index is 576. The lowest BCUT2D eigenvalue weighted by Gasteiger charge is -2.07. The van der Waals surface area contributed by atoms with Crippen molar-refractivity contribution in [3.8, 4) is 5.82 Å². The molecule has 100 valence electrons. The Balaban J connectivity index is 1.94. The molecule has 0 aliphatic heterocycles. The Labute approximate surface area is 111 Å². The van der Waals surface area contributed by atoms with Crippen LogP contribution in [0.4, 0.5) is 5.82 Å². The molecule has 1 aliphatic carbocycles. The lowest BCUT2D eigenvalue weighted by molar-refractivity contribution is 0.178. The topological polar surface area (TPSA) is 64.9 Å². The second kappa shape index (κ2) is 4.97. The van der Waals surface area contributed by atoms with Gasteiger partial charge >= 0.3 is 0 Å². The van der Waals surface area contributed by atoms with Crippen LogP contribution in [0.1, 0.15) is 30.3 Å². The smallest absolute Gasteiger partial charge is 0.159 e. The zero-order valence-electron chi connectivity index (χ0n) is 11.1. The number of methoxy groups -OCH3 is 1. The quantitative estimate of drug-likeness (QED) is 0.885. The van der Waals surface area contributed by atoms with E-state index in [1.165, 1.54) is 12.8 Å². The number of hydrogen-bond acceptors (Lipinski definition) is 5. The fourth-order valence-electron chi connectivity index (χ4n) is 1.98. The molecule has 0 unspecified atom stereocenters.